The summed E-state index contributed by atoms with van der Waals surface area (Å²) in [7, 11) is 4.73. The molecule has 0 unspecified atom stereocenters. The number of carbonyl (C=O) groups is 2. The van der Waals surface area contributed by atoms with E-state index in [1.165, 1.54) is 17.2 Å². The third kappa shape index (κ3) is 5.93. The number of carboxylic acids is 1. The Balaban J connectivity index is 2.14. The first-order valence-corrected chi connectivity index (χ1v) is 9.39. The maximum absolute atomic E-state index is 12.2. The highest BCUT2D eigenvalue weighted by molar-refractivity contribution is 8.76. The van der Waals surface area contributed by atoms with Crippen molar-refractivity contribution in [2.75, 3.05) is 25.2 Å². The Bertz CT molecular complexity index is 319. The molecule has 0 aromatic carbocycles. The summed E-state index contributed by atoms with van der Waals surface area (Å²) >= 11 is 0. The first-order valence-electron chi connectivity index (χ1n) is 6.90. The molecule has 7 heteroatoms. The second-order valence-corrected chi connectivity index (χ2v) is 7.50. The molecule has 0 aromatic rings. The molecule has 1 amide bonds. The Hall–Kier alpha value is -0.400. The van der Waals surface area contributed by atoms with E-state index in [1.54, 1.807) is 17.9 Å². The lowest BCUT2D eigenvalue weighted by Crippen LogP contribution is -2.50. The van der Waals surface area contributed by atoms with Gasteiger partial charge in [0.2, 0.25) is 0 Å². The van der Waals surface area contributed by atoms with Crippen molar-refractivity contribution in [2.24, 2.45) is 0 Å². The molecule has 20 heavy (non-hydrogen) atoms. The number of rotatable bonds is 9. The Kier molecular flexibility index (Phi) is 8.40. The van der Waals surface area contributed by atoms with E-state index in [0.717, 1.165) is 31.4 Å². The number of carboxylic acid groups (broad SMARTS) is 1. The van der Waals surface area contributed by atoms with Crippen molar-refractivity contribution < 1.29 is 19.4 Å². The summed E-state index contributed by atoms with van der Waals surface area (Å²) in [4.78, 5) is 22.5. The van der Waals surface area contributed by atoms with Crippen LogP contribution in [0.5, 0.6) is 0 Å². The maximum atomic E-state index is 12.2. The molecular formula is C13H23NO4S2. The lowest BCUT2D eigenvalue weighted by molar-refractivity contribution is -0.147. The Morgan fingerprint density at radius 3 is 2.45 bits per heavy atom. The van der Waals surface area contributed by atoms with Crippen molar-refractivity contribution in [3.8, 4) is 0 Å². The predicted molar refractivity (Wildman–Crippen MR) is 83.0 cm³/mol. The van der Waals surface area contributed by atoms with E-state index in [2.05, 4.69) is 5.32 Å². The molecule has 0 bridgehead atoms. The molecule has 0 spiro atoms. The van der Waals surface area contributed by atoms with Gasteiger partial charge in [0, 0.05) is 25.2 Å². The normalized spacial score (nSPS) is 17.6. The van der Waals surface area contributed by atoms with Gasteiger partial charge in [0.15, 0.2) is 0 Å². The first kappa shape index (κ1) is 17.7. The monoisotopic (exact) mass is 321 g/mol. The summed E-state index contributed by atoms with van der Waals surface area (Å²) in [5, 5.41) is 11.4. The number of ether oxygens (including phenoxy) is 1. The highest BCUT2D eigenvalue weighted by Gasteiger charge is 2.39. The molecule has 0 heterocycles. The minimum absolute atomic E-state index is 0.00386. The van der Waals surface area contributed by atoms with Gasteiger partial charge in [-0.05, 0) is 12.8 Å². The zero-order valence-corrected chi connectivity index (χ0v) is 13.5. The van der Waals surface area contributed by atoms with Crippen LogP contribution in [0, 0.1) is 0 Å². The fourth-order valence-electron chi connectivity index (χ4n) is 2.26. The van der Waals surface area contributed by atoms with Crippen molar-refractivity contribution in [3.63, 3.8) is 0 Å². The zero-order chi connectivity index (χ0) is 14.8. The second kappa shape index (κ2) is 9.52. The summed E-state index contributed by atoms with van der Waals surface area (Å²) in [6.45, 7) is 0.592. The molecule has 116 valence electrons. The van der Waals surface area contributed by atoms with E-state index in [4.69, 9.17) is 9.84 Å². The van der Waals surface area contributed by atoms with Crippen LogP contribution >= 0.6 is 21.6 Å². The van der Waals surface area contributed by atoms with E-state index in [9.17, 15) is 9.59 Å². The molecule has 0 aliphatic heterocycles. The average Bonchev–Trinajstić information content (AvgIpc) is 2.46. The largest absolute Gasteiger partial charge is 0.481 e. The van der Waals surface area contributed by atoms with Gasteiger partial charge < -0.3 is 15.2 Å². The molecule has 5 nitrogen and oxygen atoms in total. The molecule has 0 radical (unpaired) electrons. The average molecular weight is 321 g/mol. The summed E-state index contributed by atoms with van der Waals surface area (Å²) in [6, 6.07) is 0. The van der Waals surface area contributed by atoms with Gasteiger partial charge >= 0.3 is 5.97 Å². The smallest absolute Gasteiger partial charge is 0.304 e. The van der Waals surface area contributed by atoms with Gasteiger partial charge in [-0.3, -0.25) is 9.59 Å². The second-order valence-electron chi connectivity index (χ2n) is 4.80. The molecular weight excluding hydrogens is 298 g/mol. The standard InChI is InChI=1S/C13H23NO4S2/c1-18-13(6-3-2-4-7-13)12(17)14-8-10-20-19-9-5-11(15)16/h2-10H2,1H3,(H,14,17)(H,15,16). The Morgan fingerprint density at radius 2 is 1.85 bits per heavy atom. The third-order valence-electron chi connectivity index (χ3n) is 3.42. The molecule has 1 aliphatic rings. The topological polar surface area (TPSA) is 75.6 Å². The summed E-state index contributed by atoms with van der Waals surface area (Å²) in [5.74, 6) is 0.591. The number of nitrogens with one attached hydrogen (secondary N) is 1. The van der Waals surface area contributed by atoms with Crippen LogP contribution in [0.3, 0.4) is 0 Å². The van der Waals surface area contributed by atoms with E-state index in [0.29, 0.717) is 12.3 Å². The SMILES string of the molecule is COC1(C(=O)NCCSSCCC(=O)O)CCCCC1. The minimum atomic E-state index is -0.772. The molecule has 0 saturated heterocycles. The van der Waals surface area contributed by atoms with Crippen LogP contribution in [0.25, 0.3) is 0 Å². The van der Waals surface area contributed by atoms with Gasteiger partial charge in [0.1, 0.15) is 5.60 Å². The fraction of sp³-hybridized carbons (Fsp3) is 0.846. The fourth-order valence-corrected chi connectivity index (χ4v) is 4.15. The minimum Gasteiger partial charge on any atom is -0.481 e. The molecule has 2 N–H and O–H groups in total. The summed E-state index contributed by atoms with van der Waals surface area (Å²) in [5.41, 5.74) is -0.626. The van der Waals surface area contributed by atoms with Crippen molar-refractivity contribution in [2.45, 2.75) is 44.1 Å². The maximum Gasteiger partial charge on any atom is 0.304 e. The highest BCUT2D eigenvalue weighted by atomic mass is 33.1. The molecule has 0 atom stereocenters. The predicted octanol–water partition coefficient (Wildman–Crippen LogP) is 2.31. The highest BCUT2D eigenvalue weighted by Crippen LogP contribution is 2.31. The van der Waals surface area contributed by atoms with Crippen LogP contribution in [0.1, 0.15) is 38.5 Å². The number of hydrogen-bond acceptors (Lipinski definition) is 5. The zero-order valence-electron chi connectivity index (χ0n) is 11.9. The van der Waals surface area contributed by atoms with Crippen LogP contribution in [0.4, 0.5) is 0 Å². The van der Waals surface area contributed by atoms with Crippen molar-refractivity contribution in [1.82, 2.24) is 5.32 Å². The van der Waals surface area contributed by atoms with Gasteiger partial charge in [-0.1, -0.05) is 40.9 Å². The van der Waals surface area contributed by atoms with Crippen LogP contribution in [-0.4, -0.2) is 47.7 Å². The van der Waals surface area contributed by atoms with Crippen LogP contribution in [0.15, 0.2) is 0 Å². The first-order chi connectivity index (χ1) is 9.60. The van der Waals surface area contributed by atoms with Crippen LogP contribution in [0.2, 0.25) is 0 Å². The van der Waals surface area contributed by atoms with Gasteiger partial charge in [0.25, 0.3) is 5.91 Å². The molecule has 1 saturated carbocycles. The van der Waals surface area contributed by atoms with E-state index >= 15 is 0 Å². The number of amides is 1. The number of aliphatic carboxylic acids is 1. The van der Waals surface area contributed by atoms with Crippen molar-refractivity contribution in [3.05, 3.63) is 0 Å². The van der Waals surface area contributed by atoms with Gasteiger partial charge in [-0.2, -0.15) is 0 Å². The number of hydrogen-bond donors (Lipinski definition) is 2. The van der Waals surface area contributed by atoms with Gasteiger partial charge in [0.05, 0.1) is 6.42 Å². The number of carbonyl (C=O) groups excluding carboxylic acids is 1. The molecule has 1 aliphatic carbocycles. The Labute approximate surface area is 128 Å². The third-order valence-corrected chi connectivity index (χ3v) is 5.83. The van der Waals surface area contributed by atoms with Crippen LogP contribution < -0.4 is 5.32 Å². The van der Waals surface area contributed by atoms with E-state index in [1.807, 2.05) is 0 Å². The number of methoxy groups -OCH3 is 1. The molecule has 1 fully saturated rings. The summed E-state index contributed by atoms with van der Waals surface area (Å²) < 4.78 is 5.47. The van der Waals surface area contributed by atoms with Crippen molar-refractivity contribution in [1.29, 1.82) is 0 Å². The van der Waals surface area contributed by atoms with Gasteiger partial charge in [-0.25, -0.2) is 0 Å². The molecule has 1 rings (SSSR count). The lowest BCUT2D eigenvalue weighted by Gasteiger charge is -2.34. The molecule has 0 aromatic heterocycles. The van der Waals surface area contributed by atoms with Crippen molar-refractivity contribution >= 4 is 33.5 Å². The van der Waals surface area contributed by atoms with Gasteiger partial charge in [-0.15, -0.1) is 0 Å². The summed E-state index contributed by atoms with van der Waals surface area (Å²) in [6.07, 6.45) is 5.04. The lowest BCUT2D eigenvalue weighted by atomic mass is 9.84. The van der Waals surface area contributed by atoms with E-state index in [-0.39, 0.29) is 12.3 Å². The Morgan fingerprint density at radius 1 is 1.20 bits per heavy atom. The van der Waals surface area contributed by atoms with E-state index < -0.39 is 11.6 Å². The van der Waals surface area contributed by atoms with Crippen LogP contribution in [-0.2, 0) is 14.3 Å². The quantitative estimate of drug-likeness (QED) is 0.501.